The van der Waals surface area contributed by atoms with Gasteiger partial charge in [-0.1, -0.05) is 124 Å². The van der Waals surface area contributed by atoms with Crippen molar-refractivity contribution < 1.29 is 19.1 Å². The summed E-state index contributed by atoms with van der Waals surface area (Å²) in [6.45, 7) is 4.42. The van der Waals surface area contributed by atoms with Crippen molar-refractivity contribution in [3.63, 3.8) is 0 Å². The van der Waals surface area contributed by atoms with Crippen molar-refractivity contribution in [2.24, 2.45) is 0 Å². The van der Waals surface area contributed by atoms with Crippen LogP contribution >= 0.6 is 0 Å². The molecular formula is C39H38O4. The molecule has 0 N–H and O–H groups in total. The van der Waals surface area contributed by atoms with Crippen LogP contribution in [0.4, 0.5) is 0 Å². The number of esters is 2. The normalized spacial score (nSPS) is 27.4. The second-order valence-electron chi connectivity index (χ2n) is 12.4. The molecule has 7 rings (SSSR count). The van der Waals surface area contributed by atoms with Gasteiger partial charge in [0.1, 0.15) is 0 Å². The molecule has 3 aliphatic carbocycles. The molecule has 4 aromatic carbocycles. The lowest BCUT2D eigenvalue weighted by Gasteiger charge is -2.70. The van der Waals surface area contributed by atoms with E-state index in [0.717, 1.165) is 38.5 Å². The third-order valence-corrected chi connectivity index (χ3v) is 10.5. The molecule has 5 atom stereocenters. The topological polar surface area (TPSA) is 52.6 Å². The van der Waals surface area contributed by atoms with E-state index >= 15 is 0 Å². The molecule has 0 bridgehead atoms. The third-order valence-electron chi connectivity index (χ3n) is 10.5. The van der Waals surface area contributed by atoms with E-state index in [1.165, 1.54) is 22.3 Å². The van der Waals surface area contributed by atoms with Gasteiger partial charge in [0.2, 0.25) is 0 Å². The molecule has 4 aromatic rings. The fraction of sp³-hybridized carbons (Fsp3) is 0.333. The van der Waals surface area contributed by atoms with Crippen molar-refractivity contribution in [1.82, 2.24) is 0 Å². The summed E-state index contributed by atoms with van der Waals surface area (Å²) in [5.74, 6) is -0.754. The van der Waals surface area contributed by atoms with Crippen molar-refractivity contribution in [1.29, 1.82) is 0 Å². The fourth-order valence-corrected chi connectivity index (χ4v) is 9.11. The molecular weight excluding hydrogens is 532 g/mol. The Morgan fingerprint density at radius 2 is 0.884 bits per heavy atom. The molecule has 0 radical (unpaired) electrons. The Labute approximate surface area is 254 Å². The van der Waals surface area contributed by atoms with E-state index in [-0.39, 0.29) is 11.9 Å². The minimum atomic E-state index is -0.654. The third kappa shape index (κ3) is 3.50. The van der Waals surface area contributed by atoms with Gasteiger partial charge in [-0.15, -0.1) is 0 Å². The first kappa shape index (κ1) is 27.6. The van der Waals surface area contributed by atoms with Crippen molar-refractivity contribution in [2.45, 2.75) is 80.8 Å². The van der Waals surface area contributed by atoms with Crippen LogP contribution in [-0.4, -0.2) is 24.1 Å². The van der Waals surface area contributed by atoms with Crippen LogP contribution in [0.2, 0.25) is 0 Å². The van der Waals surface area contributed by atoms with Crippen LogP contribution in [0, 0.1) is 0 Å². The highest BCUT2D eigenvalue weighted by atomic mass is 16.6. The molecule has 3 unspecified atom stereocenters. The maximum Gasteiger partial charge on any atom is 0.338 e. The number of carbonyl (C=O) groups is 2. The van der Waals surface area contributed by atoms with Gasteiger partial charge in [0.05, 0.1) is 22.0 Å². The van der Waals surface area contributed by atoms with Crippen molar-refractivity contribution in [3.05, 3.63) is 143 Å². The summed E-state index contributed by atoms with van der Waals surface area (Å²) >= 11 is 0. The Kier molecular flexibility index (Phi) is 6.76. The lowest BCUT2D eigenvalue weighted by molar-refractivity contribution is -0.0567. The van der Waals surface area contributed by atoms with E-state index in [2.05, 4.69) is 62.4 Å². The van der Waals surface area contributed by atoms with Crippen molar-refractivity contribution >= 4 is 11.9 Å². The predicted octanol–water partition coefficient (Wildman–Crippen LogP) is 8.32. The highest BCUT2D eigenvalue weighted by Gasteiger charge is 2.89. The molecule has 0 amide bonds. The minimum absolute atomic E-state index is 0.377. The maximum atomic E-state index is 14.0. The molecule has 1 saturated carbocycles. The van der Waals surface area contributed by atoms with Crippen LogP contribution in [0.3, 0.4) is 0 Å². The number of ether oxygens (including phenoxy) is 2. The first-order valence-electron chi connectivity index (χ1n) is 15.8. The van der Waals surface area contributed by atoms with Gasteiger partial charge in [0.25, 0.3) is 0 Å². The zero-order valence-electron chi connectivity index (χ0n) is 24.9. The van der Waals surface area contributed by atoms with E-state index < -0.39 is 28.5 Å². The molecule has 0 aliphatic heterocycles. The Hall–Kier alpha value is -4.18. The second-order valence-corrected chi connectivity index (χ2v) is 12.4. The van der Waals surface area contributed by atoms with Gasteiger partial charge >= 0.3 is 11.9 Å². The second kappa shape index (κ2) is 10.5. The Balaban J connectivity index is 1.49. The van der Waals surface area contributed by atoms with Crippen LogP contribution in [0.5, 0.6) is 0 Å². The highest BCUT2D eigenvalue weighted by molar-refractivity contribution is 5.92. The van der Waals surface area contributed by atoms with Crippen molar-refractivity contribution in [2.75, 3.05) is 0 Å². The van der Waals surface area contributed by atoms with Crippen LogP contribution in [0.25, 0.3) is 0 Å². The lowest BCUT2D eigenvalue weighted by Crippen LogP contribution is -2.72. The number of benzene rings is 4. The number of hydrogen-bond donors (Lipinski definition) is 0. The average molecular weight is 571 g/mol. The van der Waals surface area contributed by atoms with E-state index in [9.17, 15) is 9.59 Å². The fourth-order valence-electron chi connectivity index (χ4n) is 9.11. The smallest absolute Gasteiger partial charge is 0.338 e. The van der Waals surface area contributed by atoms with E-state index in [1.54, 1.807) is 24.3 Å². The average Bonchev–Trinajstić information content (AvgIpc) is 3.18. The SMILES string of the molecule is CCCCC12c3ccccc3[C@@]13c1ccccc1[C@@]3(CCCC)C(OC(=O)c1ccccc1)C2OC(=O)c1ccccc1. The standard InChI is InChI=1S/C39H38O4/c1-3-5-25-37-29-21-13-15-23-31(29)39(37)32-24-16-14-22-30(32)38(39,26-6-4-2)34(43-36(41)28-19-11-8-12-20-28)33(37)42-35(40)27-17-9-7-10-18-27/h7-24,33-34H,3-6,25-26H2,1-2H3/t33?,34?,37-,38?,39+/m0/s1. The van der Waals surface area contributed by atoms with Crippen LogP contribution < -0.4 is 0 Å². The van der Waals surface area contributed by atoms with E-state index in [1.807, 2.05) is 36.4 Å². The first-order chi connectivity index (χ1) is 21.1. The van der Waals surface area contributed by atoms with E-state index in [4.69, 9.17) is 9.47 Å². The Morgan fingerprint density at radius 3 is 1.26 bits per heavy atom. The van der Waals surface area contributed by atoms with Gasteiger partial charge in [0, 0.05) is 5.41 Å². The maximum absolute atomic E-state index is 14.0. The Morgan fingerprint density at radius 1 is 0.535 bits per heavy atom. The number of fused-ring (bicyclic) bond motifs is 4. The molecule has 218 valence electrons. The summed E-state index contributed by atoms with van der Waals surface area (Å²) in [6.07, 6.45) is 4.34. The molecule has 3 aliphatic rings. The number of rotatable bonds is 10. The lowest BCUT2D eigenvalue weighted by atomic mass is 9.31. The first-order valence-corrected chi connectivity index (χ1v) is 15.8. The molecule has 0 aromatic heterocycles. The van der Waals surface area contributed by atoms with Crippen LogP contribution in [0.15, 0.2) is 109 Å². The summed E-state index contributed by atoms with van der Waals surface area (Å²) in [4.78, 5) is 27.9. The summed E-state index contributed by atoms with van der Waals surface area (Å²) in [7, 11) is 0. The van der Waals surface area contributed by atoms with Crippen LogP contribution in [0.1, 0.15) is 95.3 Å². The molecule has 4 nitrogen and oxygen atoms in total. The quantitative estimate of drug-likeness (QED) is 0.180. The zero-order chi connectivity index (χ0) is 29.7. The predicted molar refractivity (Wildman–Crippen MR) is 167 cm³/mol. The molecule has 1 spiro atoms. The number of hydrogen-bond acceptors (Lipinski definition) is 4. The van der Waals surface area contributed by atoms with Crippen molar-refractivity contribution in [3.8, 4) is 0 Å². The summed E-state index contributed by atoms with van der Waals surface area (Å²) in [5, 5.41) is 0. The summed E-state index contributed by atoms with van der Waals surface area (Å²) in [5.41, 5.74) is 4.58. The highest BCUT2D eigenvalue weighted by Crippen LogP contribution is 2.83. The molecule has 0 saturated heterocycles. The van der Waals surface area contributed by atoms with Gasteiger partial charge in [-0.05, 0) is 59.4 Å². The van der Waals surface area contributed by atoms with Gasteiger partial charge in [0.15, 0.2) is 12.2 Å². The molecule has 1 fully saturated rings. The molecule has 43 heavy (non-hydrogen) atoms. The van der Waals surface area contributed by atoms with E-state index in [0.29, 0.717) is 11.1 Å². The minimum Gasteiger partial charge on any atom is -0.454 e. The summed E-state index contributed by atoms with van der Waals surface area (Å²) < 4.78 is 13.5. The number of carbonyl (C=O) groups excluding carboxylic acids is 2. The number of unbranched alkanes of at least 4 members (excludes halogenated alkanes) is 2. The summed E-state index contributed by atoms with van der Waals surface area (Å²) in [6, 6.07) is 35.8. The molecule has 4 heteroatoms. The van der Waals surface area contributed by atoms with Gasteiger partial charge in [-0.2, -0.15) is 0 Å². The molecule has 0 heterocycles. The van der Waals surface area contributed by atoms with Gasteiger partial charge < -0.3 is 9.47 Å². The zero-order valence-corrected chi connectivity index (χ0v) is 24.9. The monoisotopic (exact) mass is 570 g/mol. The van der Waals surface area contributed by atoms with Gasteiger partial charge in [-0.25, -0.2) is 9.59 Å². The Bertz CT molecular complexity index is 1540. The van der Waals surface area contributed by atoms with Crippen LogP contribution in [-0.2, 0) is 25.7 Å². The largest absolute Gasteiger partial charge is 0.454 e. The van der Waals surface area contributed by atoms with Gasteiger partial charge in [-0.3, -0.25) is 0 Å².